The number of carbonyl (C=O) groups excluding carboxylic acids is 2. The Kier molecular flexibility index (Phi) is 7.54. The van der Waals surface area contributed by atoms with E-state index in [-0.39, 0.29) is 25.0 Å². The number of benzene rings is 2. The Balaban J connectivity index is 1.39. The van der Waals surface area contributed by atoms with Crippen LogP contribution in [0.5, 0.6) is 5.75 Å². The van der Waals surface area contributed by atoms with Gasteiger partial charge in [-0.2, -0.15) is 5.10 Å². The molecule has 1 saturated carbocycles. The monoisotopic (exact) mass is 621 g/mol. The van der Waals surface area contributed by atoms with Crippen molar-refractivity contribution >= 4 is 33.7 Å². The van der Waals surface area contributed by atoms with Gasteiger partial charge in [-0.05, 0) is 48.6 Å². The van der Waals surface area contributed by atoms with E-state index >= 15 is 0 Å². The van der Waals surface area contributed by atoms with E-state index in [1.54, 1.807) is 16.6 Å². The third-order valence-electron chi connectivity index (χ3n) is 8.71. The molecule has 1 aromatic heterocycles. The summed E-state index contributed by atoms with van der Waals surface area (Å²) in [6.45, 7) is 1.34. The number of aromatic nitrogens is 3. The van der Waals surface area contributed by atoms with Crippen molar-refractivity contribution in [1.82, 2.24) is 24.6 Å². The first-order valence-corrected chi connectivity index (χ1v) is 14.8. The number of rotatable bonds is 7. The molecule has 41 heavy (non-hydrogen) atoms. The van der Waals surface area contributed by atoms with Gasteiger partial charge in [-0.3, -0.25) is 19.1 Å². The number of amides is 2. The number of hydrogen-bond donors (Lipinski definition) is 1. The Morgan fingerprint density at radius 3 is 2.63 bits per heavy atom. The molecule has 10 nitrogen and oxygen atoms in total. The van der Waals surface area contributed by atoms with Crippen molar-refractivity contribution in [2.45, 2.75) is 51.3 Å². The summed E-state index contributed by atoms with van der Waals surface area (Å²) in [6.07, 6.45) is 4.73. The highest BCUT2D eigenvalue weighted by Crippen LogP contribution is 2.43. The van der Waals surface area contributed by atoms with Gasteiger partial charge in [0.15, 0.2) is 5.82 Å². The third-order valence-corrected chi connectivity index (χ3v) is 9.45. The molecule has 3 aromatic rings. The lowest BCUT2D eigenvalue weighted by Gasteiger charge is -2.43. The van der Waals surface area contributed by atoms with Gasteiger partial charge in [-0.25, -0.2) is 4.98 Å². The molecule has 2 amide bonds. The smallest absolute Gasteiger partial charge is 0.307 e. The fourth-order valence-electron chi connectivity index (χ4n) is 6.56. The number of nitrogens with zero attached hydrogens (tertiary/aromatic N) is 5. The van der Waals surface area contributed by atoms with Crippen LogP contribution >= 0.6 is 15.9 Å². The van der Waals surface area contributed by atoms with Crippen LogP contribution in [0, 0.1) is 11.8 Å². The van der Waals surface area contributed by atoms with Crippen molar-refractivity contribution in [3.63, 3.8) is 0 Å². The van der Waals surface area contributed by atoms with Gasteiger partial charge in [-0.15, -0.1) is 0 Å². The number of hydrogen-bond acceptors (Lipinski definition) is 6. The average molecular weight is 623 g/mol. The minimum absolute atomic E-state index is 0.0715. The van der Waals surface area contributed by atoms with Gasteiger partial charge in [-0.1, -0.05) is 47.0 Å². The normalized spacial score (nSPS) is 21.9. The summed E-state index contributed by atoms with van der Waals surface area (Å²) in [7, 11) is 1.80. The van der Waals surface area contributed by atoms with Gasteiger partial charge >= 0.3 is 5.97 Å². The Bertz CT molecular complexity index is 1510. The molecule has 1 N–H and O–H groups in total. The molecule has 0 radical (unpaired) electrons. The summed E-state index contributed by atoms with van der Waals surface area (Å²) in [5.74, 6) is -1.18. The third kappa shape index (κ3) is 5.11. The zero-order chi connectivity index (χ0) is 28.7. The van der Waals surface area contributed by atoms with Crippen LogP contribution < -0.4 is 4.74 Å². The molecule has 0 saturated heterocycles. The summed E-state index contributed by atoms with van der Waals surface area (Å²) in [6, 6.07) is 10.9. The molecular weight excluding hydrogens is 590 g/mol. The van der Waals surface area contributed by atoms with Crippen molar-refractivity contribution in [2.24, 2.45) is 18.9 Å². The van der Waals surface area contributed by atoms with E-state index in [4.69, 9.17) is 4.74 Å². The van der Waals surface area contributed by atoms with Gasteiger partial charge in [0.1, 0.15) is 18.7 Å². The van der Waals surface area contributed by atoms with Gasteiger partial charge in [0.2, 0.25) is 5.91 Å². The van der Waals surface area contributed by atoms with Crippen LogP contribution in [0.15, 0.2) is 47.2 Å². The van der Waals surface area contributed by atoms with E-state index in [9.17, 15) is 19.5 Å². The lowest BCUT2D eigenvalue weighted by molar-refractivity contribution is -0.153. The van der Waals surface area contributed by atoms with Crippen molar-refractivity contribution in [3.8, 4) is 5.75 Å². The number of fused-ring (bicyclic) bond motifs is 2. The fourth-order valence-corrected chi connectivity index (χ4v) is 7.10. The Morgan fingerprint density at radius 1 is 1.12 bits per heavy atom. The van der Waals surface area contributed by atoms with Crippen LogP contribution in [0.2, 0.25) is 0 Å². The second-order valence-corrected chi connectivity index (χ2v) is 11.9. The van der Waals surface area contributed by atoms with E-state index in [2.05, 4.69) is 26.0 Å². The molecule has 0 spiro atoms. The molecule has 3 heterocycles. The number of carbonyl (C=O) groups is 3. The first kappa shape index (κ1) is 27.4. The highest BCUT2D eigenvalue weighted by Gasteiger charge is 2.44. The summed E-state index contributed by atoms with van der Waals surface area (Å²) in [5, 5.41) is 14.1. The standard InChI is InChI=1S/C30H32BrN5O5/c1-34-26(32-17-33-34)16-41-25-11-10-23(31)22-12-13-36(29(38)20-8-4-5-9-21(20)30(39)40)24(27(22)25)15-35-14-18-6-2-3-7-19(18)28(35)37/h2-3,6-7,10-11,17,20-21,24H,4-5,8-9,12-16H2,1H3,(H,39,40)/t20?,21?,24-/m1/s1. The minimum atomic E-state index is -0.919. The maximum absolute atomic E-state index is 14.2. The van der Waals surface area contributed by atoms with E-state index in [0.29, 0.717) is 49.5 Å². The van der Waals surface area contributed by atoms with Crippen molar-refractivity contribution < 1.29 is 24.2 Å². The first-order valence-electron chi connectivity index (χ1n) is 14.0. The molecule has 1 fully saturated rings. The number of carboxylic acid groups (broad SMARTS) is 1. The van der Waals surface area contributed by atoms with Gasteiger partial charge in [0.05, 0.1) is 17.9 Å². The molecule has 2 aromatic carbocycles. The van der Waals surface area contributed by atoms with Crippen LogP contribution in [-0.4, -0.2) is 60.5 Å². The predicted molar refractivity (Wildman–Crippen MR) is 152 cm³/mol. The maximum atomic E-state index is 14.2. The average Bonchev–Trinajstić information content (AvgIpc) is 3.54. The quantitative estimate of drug-likeness (QED) is 0.421. The second kappa shape index (κ2) is 11.3. The molecule has 6 rings (SSSR count). The van der Waals surface area contributed by atoms with Crippen molar-refractivity contribution in [1.29, 1.82) is 0 Å². The van der Waals surface area contributed by atoms with E-state index in [1.807, 2.05) is 41.3 Å². The molecule has 3 atom stereocenters. The summed E-state index contributed by atoms with van der Waals surface area (Å²) < 4.78 is 8.88. The highest BCUT2D eigenvalue weighted by molar-refractivity contribution is 9.10. The fraction of sp³-hybridized carbons (Fsp3) is 0.433. The molecule has 214 valence electrons. The number of aliphatic carboxylic acids is 1. The Hall–Kier alpha value is -3.73. The van der Waals surface area contributed by atoms with Crippen molar-refractivity contribution in [2.75, 3.05) is 13.1 Å². The topological polar surface area (TPSA) is 118 Å². The predicted octanol–water partition coefficient (Wildman–Crippen LogP) is 4.13. The molecule has 11 heteroatoms. The molecule has 2 aliphatic heterocycles. The Labute approximate surface area is 246 Å². The molecular formula is C30H32BrN5O5. The number of carboxylic acids is 1. The minimum Gasteiger partial charge on any atom is -0.485 e. The van der Waals surface area contributed by atoms with Crippen LogP contribution in [0.25, 0.3) is 0 Å². The van der Waals surface area contributed by atoms with Crippen molar-refractivity contribution in [3.05, 3.63) is 75.3 Å². The lowest BCUT2D eigenvalue weighted by atomic mass is 9.77. The van der Waals surface area contributed by atoms with Crippen LogP contribution in [0.4, 0.5) is 0 Å². The Morgan fingerprint density at radius 2 is 1.90 bits per heavy atom. The highest BCUT2D eigenvalue weighted by atomic mass is 79.9. The largest absolute Gasteiger partial charge is 0.485 e. The van der Waals surface area contributed by atoms with E-state index in [0.717, 1.165) is 34.0 Å². The van der Waals surface area contributed by atoms with Crippen LogP contribution in [0.1, 0.15) is 64.6 Å². The first-order chi connectivity index (χ1) is 19.8. The van der Waals surface area contributed by atoms with Gasteiger partial charge in [0.25, 0.3) is 5.91 Å². The summed E-state index contributed by atoms with van der Waals surface area (Å²) >= 11 is 3.71. The lowest BCUT2D eigenvalue weighted by Crippen LogP contribution is -2.50. The number of ether oxygens (including phenoxy) is 1. The zero-order valence-corrected chi connectivity index (χ0v) is 24.4. The van der Waals surface area contributed by atoms with Gasteiger partial charge in [0, 0.05) is 42.3 Å². The molecule has 3 aliphatic rings. The molecule has 2 unspecified atom stereocenters. The van der Waals surface area contributed by atoms with Crippen LogP contribution in [0.3, 0.4) is 0 Å². The number of aryl methyl sites for hydroxylation is 1. The summed E-state index contributed by atoms with van der Waals surface area (Å²) in [5.41, 5.74) is 3.50. The van der Waals surface area contributed by atoms with E-state index < -0.39 is 23.8 Å². The maximum Gasteiger partial charge on any atom is 0.307 e. The van der Waals surface area contributed by atoms with E-state index in [1.165, 1.54) is 6.33 Å². The number of halogens is 1. The molecule has 0 bridgehead atoms. The van der Waals surface area contributed by atoms with Gasteiger partial charge < -0.3 is 19.6 Å². The zero-order valence-electron chi connectivity index (χ0n) is 22.8. The second-order valence-electron chi connectivity index (χ2n) is 11.0. The SMILES string of the molecule is Cn1ncnc1COc1ccc(Br)c2c1[C@@H](CN1Cc3ccccc3C1=O)N(C(=O)C1CCCCC1C(=O)O)CC2. The summed E-state index contributed by atoms with van der Waals surface area (Å²) in [4.78, 5) is 47.7. The molecule has 1 aliphatic carbocycles. The van der Waals surface area contributed by atoms with Crippen LogP contribution in [-0.2, 0) is 36.2 Å².